The number of nitrogens with one attached hydrogen (secondary N) is 1. The molecule has 0 unspecified atom stereocenters. The molecule has 0 spiro atoms. The van der Waals surface area contributed by atoms with Crippen LogP contribution in [-0.2, 0) is 11.3 Å². The zero-order valence-corrected chi connectivity index (χ0v) is 19.0. The van der Waals surface area contributed by atoms with Gasteiger partial charge in [0.2, 0.25) is 5.91 Å². The molecule has 32 heavy (non-hydrogen) atoms. The predicted molar refractivity (Wildman–Crippen MR) is 124 cm³/mol. The Morgan fingerprint density at radius 1 is 1.00 bits per heavy atom. The summed E-state index contributed by atoms with van der Waals surface area (Å²) in [5, 5.41) is 2.87. The summed E-state index contributed by atoms with van der Waals surface area (Å²) in [4.78, 5) is 29.5. The highest BCUT2D eigenvalue weighted by atomic mass is 19.1. The molecule has 2 amide bonds. The van der Waals surface area contributed by atoms with Crippen LogP contribution in [-0.4, -0.2) is 47.8 Å². The number of rotatable bonds is 5. The van der Waals surface area contributed by atoms with Crippen LogP contribution in [0.25, 0.3) is 0 Å². The molecular formula is C26H32FN3O2. The second-order valence-electron chi connectivity index (χ2n) is 9.14. The highest BCUT2D eigenvalue weighted by molar-refractivity contribution is 6.04. The lowest BCUT2D eigenvalue weighted by molar-refractivity contribution is -0.137. The number of carbonyl (C=O) groups excluding carboxylic acids is 2. The van der Waals surface area contributed by atoms with Crippen LogP contribution < -0.4 is 5.32 Å². The number of hydrogen-bond donors (Lipinski definition) is 1. The van der Waals surface area contributed by atoms with Crippen molar-refractivity contribution in [1.82, 2.24) is 9.80 Å². The topological polar surface area (TPSA) is 52.7 Å². The van der Waals surface area contributed by atoms with Gasteiger partial charge in [0.1, 0.15) is 5.82 Å². The van der Waals surface area contributed by atoms with E-state index in [1.54, 1.807) is 18.2 Å². The van der Waals surface area contributed by atoms with Crippen LogP contribution in [0.4, 0.5) is 10.1 Å². The third-order valence-electron chi connectivity index (χ3n) is 6.82. The average molecular weight is 438 g/mol. The Labute approximate surface area is 189 Å². The maximum absolute atomic E-state index is 14.4. The van der Waals surface area contributed by atoms with Crippen LogP contribution in [0.5, 0.6) is 0 Å². The summed E-state index contributed by atoms with van der Waals surface area (Å²) in [6.45, 7) is 7.48. The van der Waals surface area contributed by atoms with Gasteiger partial charge in [0.05, 0.1) is 0 Å². The van der Waals surface area contributed by atoms with Gasteiger partial charge in [-0.05, 0) is 62.1 Å². The van der Waals surface area contributed by atoms with Crippen LogP contribution in [0.3, 0.4) is 0 Å². The molecule has 0 aromatic heterocycles. The average Bonchev–Trinajstić information content (AvgIpc) is 3.32. The normalized spacial score (nSPS) is 17.5. The Hall–Kier alpha value is -2.73. The van der Waals surface area contributed by atoms with Gasteiger partial charge in [-0.1, -0.05) is 30.5 Å². The number of anilines is 1. The molecule has 0 bridgehead atoms. The molecule has 1 N–H and O–H groups in total. The predicted octanol–water partition coefficient (Wildman–Crippen LogP) is 4.53. The fourth-order valence-electron chi connectivity index (χ4n) is 4.73. The second kappa shape index (κ2) is 9.82. The number of halogens is 1. The molecule has 2 aromatic carbocycles. The van der Waals surface area contributed by atoms with Gasteiger partial charge in [-0.25, -0.2) is 4.39 Å². The van der Waals surface area contributed by atoms with E-state index in [-0.39, 0.29) is 17.6 Å². The summed E-state index contributed by atoms with van der Waals surface area (Å²) in [7, 11) is 0. The quantitative estimate of drug-likeness (QED) is 0.748. The number of piperazine rings is 1. The van der Waals surface area contributed by atoms with Gasteiger partial charge in [0.15, 0.2) is 0 Å². The van der Waals surface area contributed by atoms with Crippen LogP contribution in [0.15, 0.2) is 36.4 Å². The number of benzene rings is 2. The fraction of sp³-hybridized carbons (Fsp3) is 0.462. The lowest BCUT2D eigenvalue weighted by atomic mass is 10.0. The molecule has 1 saturated carbocycles. The first-order valence-electron chi connectivity index (χ1n) is 11.6. The van der Waals surface area contributed by atoms with Crippen LogP contribution in [0.1, 0.15) is 52.7 Å². The summed E-state index contributed by atoms with van der Waals surface area (Å²) < 4.78 is 14.4. The maximum Gasteiger partial charge on any atom is 0.255 e. The van der Waals surface area contributed by atoms with E-state index < -0.39 is 0 Å². The van der Waals surface area contributed by atoms with Gasteiger partial charge < -0.3 is 10.2 Å². The van der Waals surface area contributed by atoms with Crippen molar-refractivity contribution in [3.05, 3.63) is 64.5 Å². The van der Waals surface area contributed by atoms with E-state index in [1.165, 1.54) is 6.07 Å². The molecule has 2 fully saturated rings. The monoisotopic (exact) mass is 437 g/mol. The third-order valence-corrected chi connectivity index (χ3v) is 6.82. The van der Waals surface area contributed by atoms with E-state index in [9.17, 15) is 14.0 Å². The molecule has 4 rings (SSSR count). The number of hydrogen-bond acceptors (Lipinski definition) is 3. The van der Waals surface area contributed by atoms with Gasteiger partial charge in [-0.2, -0.15) is 0 Å². The number of carbonyl (C=O) groups is 2. The van der Waals surface area contributed by atoms with E-state index in [2.05, 4.69) is 10.2 Å². The molecule has 2 aliphatic rings. The molecule has 2 aromatic rings. The summed E-state index contributed by atoms with van der Waals surface area (Å²) in [5.41, 5.74) is 3.86. The van der Waals surface area contributed by atoms with Crippen molar-refractivity contribution in [3.63, 3.8) is 0 Å². The van der Waals surface area contributed by atoms with Gasteiger partial charge in [0.25, 0.3) is 5.91 Å². The summed E-state index contributed by atoms with van der Waals surface area (Å²) in [6, 6.07) is 10.2. The maximum atomic E-state index is 14.4. The lowest BCUT2D eigenvalue weighted by Gasteiger charge is -2.36. The molecule has 170 valence electrons. The third kappa shape index (κ3) is 5.18. The minimum atomic E-state index is -0.361. The minimum absolute atomic E-state index is 0.215. The fourth-order valence-corrected chi connectivity index (χ4v) is 4.73. The molecule has 1 aliphatic heterocycles. The first-order chi connectivity index (χ1) is 15.4. The molecule has 1 saturated heterocycles. The Morgan fingerprint density at radius 2 is 1.66 bits per heavy atom. The smallest absolute Gasteiger partial charge is 0.255 e. The van der Waals surface area contributed by atoms with Crippen molar-refractivity contribution in [3.8, 4) is 0 Å². The van der Waals surface area contributed by atoms with E-state index in [1.807, 2.05) is 30.9 Å². The Kier molecular flexibility index (Phi) is 6.89. The first-order valence-corrected chi connectivity index (χ1v) is 11.6. The Bertz CT molecular complexity index is 975. The van der Waals surface area contributed by atoms with Crippen molar-refractivity contribution < 1.29 is 14.0 Å². The minimum Gasteiger partial charge on any atom is -0.340 e. The highest BCUT2D eigenvalue weighted by Gasteiger charge is 2.29. The van der Waals surface area contributed by atoms with Gasteiger partial charge in [-0.15, -0.1) is 0 Å². The molecule has 5 nitrogen and oxygen atoms in total. The van der Waals surface area contributed by atoms with E-state index in [0.717, 1.165) is 68.6 Å². The zero-order valence-electron chi connectivity index (χ0n) is 19.0. The lowest BCUT2D eigenvalue weighted by Crippen LogP contribution is -2.49. The largest absolute Gasteiger partial charge is 0.340 e. The summed E-state index contributed by atoms with van der Waals surface area (Å²) >= 11 is 0. The van der Waals surface area contributed by atoms with Crippen LogP contribution in [0, 0.1) is 25.6 Å². The van der Waals surface area contributed by atoms with Crippen molar-refractivity contribution in [2.45, 2.75) is 46.1 Å². The first kappa shape index (κ1) is 22.5. The van der Waals surface area contributed by atoms with Crippen molar-refractivity contribution in [2.75, 3.05) is 31.5 Å². The molecule has 6 heteroatoms. The highest BCUT2D eigenvalue weighted by Crippen LogP contribution is 2.28. The summed E-state index contributed by atoms with van der Waals surface area (Å²) in [6.07, 6.45) is 4.38. The van der Waals surface area contributed by atoms with Crippen LogP contribution >= 0.6 is 0 Å². The SMILES string of the molecule is Cc1ccc(C(=O)Nc2cc(F)cc(CN3CCN(C(=O)C4CCCC4)CC3)c2C)cc1. The van der Waals surface area contributed by atoms with E-state index in [4.69, 9.17) is 0 Å². The van der Waals surface area contributed by atoms with Crippen molar-refractivity contribution in [1.29, 1.82) is 0 Å². The van der Waals surface area contributed by atoms with Gasteiger partial charge in [-0.3, -0.25) is 14.5 Å². The molecular weight excluding hydrogens is 405 g/mol. The van der Waals surface area contributed by atoms with Crippen molar-refractivity contribution in [2.24, 2.45) is 5.92 Å². The van der Waals surface area contributed by atoms with Gasteiger partial charge >= 0.3 is 0 Å². The standard InChI is InChI=1S/C26H32FN3O2/c1-18-7-9-20(10-8-18)25(31)28-24-16-23(27)15-22(19(24)2)17-29-11-13-30(14-12-29)26(32)21-5-3-4-6-21/h7-10,15-16,21H,3-6,11-14,17H2,1-2H3,(H,28,31). The molecule has 1 aliphatic carbocycles. The number of amides is 2. The second-order valence-corrected chi connectivity index (χ2v) is 9.14. The Morgan fingerprint density at radius 3 is 2.31 bits per heavy atom. The van der Waals surface area contributed by atoms with E-state index in [0.29, 0.717) is 23.7 Å². The molecule has 0 radical (unpaired) electrons. The molecule has 1 heterocycles. The van der Waals surface area contributed by atoms with Crippen LogP contribution in [0.2, 0.25) is 0 Å². The number of nitrogens with zero attached hydrogens (tertiary/aromatic N) is 2. The molecule has 0 atom stereocenters. The zero-order chi connectivity index (χ0) is 22.7. The Balaban J connectivity index is 1.39. The van der Waals surface area contributed by atoms with E-state index >= 15 is 0 Å². The van der Waals surface area contributed by atoms with Crippen molar-refractivity contribution >= 4 is 17.5 Å². The summed E-state index contributed by atoms with van der Waals surface area (Å²) in [5.74, 6) is -0.0829. The van der Waals surface area contributed by atoms with Gasteiger partial charge in [0, 0.05) is 49.9 Å². The number of aryl methyl sites for hydroxylation is 1.